The topological polar surface area (TPSA) is 40.5 Å². The molecular weight excluding hydrogens is 376 g/mol. The Hall–Kier alpha value is 0.270. The highest BCUT2D eigenvalue weighted by Crippen LogP contribution is 2.78. The van der Waals surface area contributed by atoms with Crippen LogP contribution in [0.3, 0.4) is 0 Å². The number of hydrogen-bond donors (Lipinski definition) is 2. The molecule has 0 aromatic heterocycles. The van der Waals surface area contributed by atoms with Crippen LogP contribution < -0.4 is 0 Å². The van der Waals surface area contributed by atoms with E-state index < -0.39 is 10.0 Å². The van der Waals surface area contributed by atoms with Crippen molar-refractivity contribution in [3.05, 3.63) is 0 Å². The van der Waals surface area contributed by atoms with Gasteiger partial charge in [0.2, 0.25) is 0 Å². The molecule has 9 atom stereocenters. The van der Waals surface area contributed by atoms with Gasteiger partial charge < -0.3 is 10.2 Å². The monoisotopic (exact) mass is 424 g/mol. The van der Waals surface area contributed by atoms with Crippen LogP contribution in [0, 0.1) is 28.6 Å². The van der Waals surface area contributed by atoms with Crippen LogP contribution in [-0.4, -0.2) is 44.4 Å². The van der Waals surface area contributed by atoms with E-state index in [0.29, 0.717) is 16.7 Å². The highest BCUT2D eigenvalue weighted by atomic mass is 32.3. The van der Waals surface area contributed by atoms with Gasteiger partial charge in [-0.05, 0) is 115 Å². The van der Waals surface area contributed by atoms with Crippen LogP contribution in [0.15, 0.2) is 0 Å². The maximum absolute atomic E-state index is 11.0. The Labute approximate surface area is 181 Å². The van der Waals surface area contributed by atoms with Crippen LogP contribution in [0.25, 0.3) is 0 Å². The van der Waals surface area contributed by atoms with E-state index in [0.717, 1.165) is 48.0 Å². The summed E-state index contributed by atoms with van der Waals surface area (Å²) in [5, 5.41) is 23.5. The zero-order valence-corrected chi connectivity index (χ0v) is 20.9. The minimum atomic E-state index is -0.643. The molecule has 29 heavy (non-hydrogen) atoms. The molecule has 0 bridgehead atoms. The van der Waals surface area contributed by atoms with Gasteiger partial charge in [0, 0.05) is 0 Å². The first-order chi connectivity index (χ1) is 13.5. The van der Waals surface area contributed by atoms with Crippen molar-refractivity contribution in [2.75, 3.05) is 12.0 Å². The molecule has 2 aliphatic carbocycles. The molecule has 2 N–H and O–H groups in total. The number of rotatable bonds is 4. The fraction of sp³-hybridized carbons (Fsp3) is 1.00. The quantitative estimate of drug-likeness (QED) is 0.570. The average molecular weight is 425 g/mol. The Morgan fingerprint density at radius 3 is 2.31 bits per heavy atom. The predicted molar refractivity (Wildman–Crippen MR) is 127 cm³/mol. The molecule has 2 saturated carbocycles. The average Bonchev–Trinajstić information content (AvgIpc) is 3.00. The molecule has 4 fully saturated rings. The van der Waals surface area contributed by atoms with Crippen LogP contribution in [-0.2, 0) is 0 Å². The lowest BCUT2D eigenvalue weighted by atomic mass is 9.58. The smallest absolute Gasteiger partial charge is 0.0648 e. The van der Waals surface area contributed by atoms with Crippen LogP contribution in [0.4, 0.5) is 0 Å². The molecule has 4 aliphatic rings. The highest BCUT2D eigenvalue weighted by molar-refractivity contribution is 8.34. The van der Waals surface area contributed by atoms with Crippen molar-refractivity contribution in [3.63, 3.8) is 0 Å². The van der Waals surface area contributed by atoms with E-state index in [4.69, 9.17) is 0 Å². The van der Waals surface area contributed by atoms with Gasteiger partial charge in [-0.3, -0.25) is 0 Å². The lowest BCUT2D eigenvalue weighted by molar-refractivity contribution is -0.0728. The van der Waals surface area contributed by atoms with Crippen molar-refractivity contribution in [3.8, 4) is 0 Å². The molecule has 0 aromatic carbocycles. The van der Waals surface area contributed by atoms with Gasteiger partial charge in [-0.15, -0.1) is 0 Å². The van der Waals surface area contributed by atoms with Gasteiger partial charge in [-0.2, -0.15) is 0 Å². The van der Waals surface area contributed by atoms with Crippen LogP contribution >= 0.6 is 10.0 Å². The second-order valence-electron chi connectivity index (χ2n) is 12.6. The standard InChI is InChI=1S/C26H48O2S/c1-7-26(28)14-13-25(5)20(17-26)11-15-29(6)22-9-8-19(16-21(27)18(2)3)24(22,4)12-10-23(25)29/h18-23,27-28H,7-17H2,1-6H3/t19-,20?,21?,22?,23?,24-,25+,26+/m1/s1. The van der Waals surface area contributed by atoms with Gasteiger partial charge in [-0.1, -0.05) is 34.6 Å². The summed E-state index contributed by atoms with van der Waals surface area (Å²) >= 11 is 0. The van der Waals surface area contributed by atoms with Crippen LogP contribution in [0.5, 0.6) is 0 Å². The fourth-order valence-electron chi connectivity index (χ4n) is 8.69. The largest absolute Gasteiger partial charge is 0.393 e. The summed E-state index contributed by atoms with van der Waals surface area (Å²) in [5.74, 6) is 3.27. The Kier molecular flexibility index (Phi) is 5.74. The lowest BCUT2D eigenvalue weighted by Crippen LogP contribution is -2.59. The first kappa shape index (κ1) is 22.5. The second kappa shape index (κ2) is 7.41. The van der Waals surface area contributed by atoms with E-state index >= 15 is 0 Å². The lowest BCUT2D eigenvalue weighted by Gasteiger charge is -2.69. The number of fused-ring (bicyclic) bond motifs is 5. The molecular formula is C26H48O2S. The third-order valence-electron chi connectivity index (χ3n) is 11.0. The zero-order chi connectivity index (χ0) is 21.2. The molecule has 2 nitrogen and oxygen atoms in total. The zero-order valence-electron chi connectivity index (χ0n) is 20.0. The van der Waals surface area contributed by atoms with Crippen molar-refractivity contribution in [1.29, 1.82) is 0 Å². The molecule has 4 rings (SSSR count). The maximum Gasteiger partial charge on any atom is 0.0648 e. The molecule has 2 saturated heterocycles. The Morgan fingerprint density at radius 1 is 0.966 bits per heavy atom. The van der Waals surface area contributed by atoms with E-state index in [1.54, 1.807) is 0 Å². The third-order valence-corrected chi connectivity index (χ3v) is 16.2. The van der Waals surface area contributed by atoms with Gasteiger partial charge in [-0.25, -0.2) is 10.0 Å². The Balaban J connectivity index is 1.58. The first-order valence-electron chi connectivity index (χ1n) is 12.6. The second-order valence-corrected chi connectivity index (χ2v) is 16.6. The van der Waals surface area contributed by atoms with Crippen molar-refractivity contribution < 1.29 is 10.2 Å². The third kappa shape index (κ3) is 3.35. The normalized spacial score (nSPS) is 55.5. The number of aliphatic hydroxyl groups is 2. The van der Waals surface area contributed by atoms with Gasteiger partial charge in [0.05, 0.1) is 11.7 Å². The maximum atomic E-state index is 11.0. The van der Waals surface area contributed by atoms with E-state index in [-0.39, 0.29) is 11.7 Å². The Bertz CT molecular complexity index is 622. The summed E-state index contributed by atoms with van der Waals surface area (Å²) in [6.07, 6.45) is 14.8. The van der Waals surface area contributed by atoms with E-state index in [2.05, 4.69) is 40.9 Å². The molecule has 0 spiro atoms. The van der Waals surface area contributed by atoms with Crippen molar-refractivity contribution in [2.45, 2.75) is 121 Å². The van der Waals surface area contributed by atoms with E-state index in [9.17, 15) is 10.2 Å². The molecule has 0 radical (unpaired) electrons. The van der Waals surface area contributed by atoms with E-state index in [1.165, 1.54) is 44.3 Å². The molecule has 5 unspecified atom stereocenters. The van der Waals surface area contributed by atoms with E-state index in [1.807, 2.05) is 0 Å². The molecule has 0 amide bonds. The van der Waals surface area contributed by atoms with Crippen LogP contribution in [0.2, 0.25) is 0 Å². The minimum Gasteiger partial charge on any atom is -0.393 e. The summed E-state index contributed by atoms with van der Waals surface area (Å²) in [5.41, 5.74) is 0.529. The number of hydrogen-bond acceptors (Lipinski definition) is 2. The molecule has 0 aromatic rings. The van der Waals surface area contributed by atoms with Gasteiger partial charge >= 0.3 is 0 Å². The summed E-state index contributed by atoms with van der Waals surface area (Å²) < 4.78 is 0. The molecule has 3 heteroatoms. The molecule has 2 heterocycles. The van der Waals surface area contributed by atoms with Crippen LogP contribution in [0.1, 0.15) is 98.8 Å². The number of aliphatic hydroxyl groups excluding tert-OH is 1. The van der Waals surface area contributed by atoms with Gasteiger partial charge in [0.1, 0.15) is 0 Å². The summed E-state index contributed by atoms with van der Waals surface area (Å²) in [6.45, 7) is 11.8. The minimum absolute atomic E-state index is 0.130. The molecule has 170 valence electrons. The van der Waals surface area contributed by atoms with Crippen molar-refractivity contribution in [1.82, 2.24) is 0 Å². The fourth-order valence-corrected chi connectivity index (χ4v) is 14.9. The van der Waals surface area contributed by atoms with Crippen molar-refractivity contribution in [2.24, 2.45) is 28.6 Å². The SMILES string of the molecule is CC[C@]1(O)CC[C@@]2(C)C(CCS3(C)C2CC[C@@]2(C)C3CC[C@@H]2CC(O)C(C)C)C1. The molecule has 2 aliphatic heterocycles. The highest BCUT2D eigenvalue weighted by Gasteiger charge is 2.63. The first-order valence-corrected chi connectivity index (χ1v) is 15.0. The summed E-state index contributed by atoms with van der Waals surface area (Å²) in [7, 11) is -0.643. The summed E-state index contributed by atoms with van der Waals surface area (Å²) in [6, 6.07) is 0. The van der Waals surface area contributed by atoms with Crippen molar-refractivity contribution >= 4 is 10.0 Å². The summed E-state index contributed by atoms with van der Waals surface area (Å²) in [4.78, 5) is 0. The Morgan fingerprint density at radius 2 is 1.66 bits per heavy atom. The van der Waals surface area contributed by atoms with Gasteiger partial charge in [0.25, 0.3) is 0 Å². The van der Waals surface area contributed by atoms with Gasteiger partial charge in [0.15, 0.2) is 0 Å². The predicted octanol–water partition coefficient (Wildman–Crippen LogP) is 6.13.